The van der Waals surface area contributed by atoms with E-state index >= 15 is 0 Å². The topological polar surface area (TPSA) is 55.8 Å². The zero-order chi connectivity index (χ0) is 15.1. The van der Waals surface area contributed by atoms with Crippen LogP contribution in [0.4, 0.5) is 22.0 Å². The Morgan fingerprint density at radius 2 is 1.95 bits per heavy atom. The Kier molecular flexibility index (Phi) is 3.85. The Hall–Kier alpha value is -0.960. The summed E-state index contributed by atoms with van der Waals surface area (Å²) in [6.45, 7) is 0.897. The van der Waals surface area contributed by atoms with Crippen LogP contribution in [0.3, 0.4) is 0 Å². The lowest BCUT2D eigenvalue weighted by molar-refractivity contribution is -0.409. The van der Waals surface area contributed by atoms with Crippen molar-refractivity contribution < 1.29 is 41.3 Å². The quantitative estimate of drug-likeness (QED) is 0.638. The number of aliphatic hydroxyl groups is 1. The van der Waals surface area contributed by atoms with Crippen molar-refractivity contribution in [2.45, 2.75) is 50.2 Å². The molecule has 0 aliphatic carbocycles. The maximum atomic E-state index is 13.8. The smallest absolute Gasteiger partial charge is 0.449 e. The molecule has 0 amide bonds. The zero-order valence-electron chi connectivity index (χ0n) is 10.2. The summed E-state index contributed by atoms with van der Waals surface area (Å²) in [6.07, 6.45) is -5.66. The first-order chi connectivity index (χ1) is 8.41. The molecular weight excluding hydrogens is 279 g/mol. The van der Waals surface area contributed by atoms with Gasteiger partial charge in [-0.25, -0.2) is 0 Å². The molecule has 0 aromatic rings. The van der Waals surface area contributed by atoms with E-state index in [1.54, 1.807) is 6.92 Å². The fraction of sp³-hybridized carbons (Fsp3) is 0.900. The van der Waals surface area contributed by atoms with Gasteiger partial charge < -0.3 is 14.6 Å². The maximum absolute atomic E-state index is 13.8. The van der Waals surface area contributed by atoms with Crippen LogP contribution >= 0.6 is 0 Å². The second-order valence-electron chi connectivity index (χ2n) is 4.46. The van der Waals surface area contributed by atoms with Gasteiger partial charge in [0, 0.05) is 6.42 Å². The molecule has 0 aromatic carbocycles. The van der Waals surface area contributed by atoms with Gasteiger partial charge >= 0.3 is 23.9 Å². The molecule has 0 saturated carbocycles. The fourth-order valence-corrected chi connectivity index (χ4v) is 1.64. The molecule has 4 nitrogen and oxygen atoms in total. The largest absolute Gasteiger partial charge is 0.450 e. The summed E-state index contributed by atoms with van der Waals surface area (Å²) in [5, 5.41) is 9.05. The minimum absolute atomic E-state index is 0.226. The van der Waals surface area contributed by atoms with Gasteiger partial charge in [0.1, 0.15) is 0 Å². The van der Waals surface area contributed by atoms with Crippen molar-refractivity contribution in [3.8, 4) is 0 Å². The molecule has 1 heterocycles. The molecule has 2 unspecified atom stereocenters. The Morgan fingerprint density at radius 1 is 1.42 bits per heavy atom. The highest BCUT2D eigenvalue weighted by Crippen LogP contribution is 2.54. The summed E-state index contributed by atoms with van der Waals surface area (Å²) in [7, 11) is 0. The molecule has 1 aliphatic rings. The van der Waals surface area contributed by atoms with Crippen molar-refractivity contribution >= 4 is 5.97 Å². The molecule has 112 valence electrons. The van der Waals surface area contributed by atoms with E-state index in [9.17, 15) is 26.7 Å². The molecule has 0 aromatic heterocycles. The lowest BCUT2D eigenvalue weighted by atomic mass is 9.94. The maximum Gasteiger partial charge on any atom is 0.449 e. The fourth-order valence-electron chi connectivity index (χ4n) is 1.64. The predicted octanol–water partition coefficient (Wildman–Crippen LogP) is 2.00. The summed E-state index contributed by atoms with van der Waals surface area (Å²) in [4.78, 5) is 11.2. The minimum atomic E-state index is -5.72. The van der Waals surface area contributed by atoms with Crippen molar-refractivity contribution in [3.05, 3.63) is 0 Å². The number of rotatable bonds is 3. The lowest BCUT2D eigenvalue weighted by Crippen LogP contribution is -2.63. The van der Waals surface area contributed by atoms with Crippen LogP contribution in [0.2, 0.25) is 0 Å². The third-order valence-corrected chi connectivity index (χ3v) is 2.82. The van der Waals surface area contributed by atoms with Crippen LogP contribution in [0.15, 0.2) is 0 Å². The SMILES string of the molecule is CCCC(=O)OC1(C)COC(O)(C(F)(F)F)C1(F)F. The molecule has 0 spiro atoms. The normalized spacial score (nSPS) is 34.3. The molecule has 0 bridgehead atoms. The lowest BCUT2D eigenvalue weighted by Gasteiger charge is -2.35. The first-order valence-corrected chi connectivity index (χ1v) is 5.44. The summed E-state index contributed by atoms with van der Waals surface area (Å²) in [5.41, 5.74) is -2.87. The van der Waals surface area contributed by atoms with Gasteiger partial charge in [-0.1, -0.05) is 6.92 Å². The highest BCUT2D eigenvalue weighted by molar-refractivity contribution is 5.70. The van der Waals surface area contributed by atoms with Gasteiger partial charge in [-0.05, 0) is 13.3 Å². The Bertz CT molecular complexity index is 369. The molecule has 1 rings (SSSR count). The minimum Gasteiger partial charge on any atom is -0.450 e. The predicted molar refractivity (Wildman–Crippen MR) is 51.3 cm³/mol. The Morgan fingerprint density at radius 3 is 2.32 bits per heavy atom. The van der Waals surface area contributed by atoms with Crippen molar-refractivity contribution in [2.75, 3.05) is 6.61 Å². The van der Waals surface area contributed by atoms with E-state index in [2.05, 4.69) is 9.47 Å². The van der Waals surface area contributed by atoms with Crippen LogP contribution in [0, 0.1) is 0 Å². The number of ether oxygens (including phenoxy) is 2. The molecule has 1 fully saturated rings. The zero-order valence-corrected chi connectivity index (χ0v) is 10.2. The van der Waals surface area contributed by atoms with Crippen LogP contribution in [0.1, 0.15) is 26.7 Å². The number of carbonyl (C=O) groups excluding carboxylic acids is 1. The standard InChI is InChI=1S/C10H13F5O4/c1-3-4-6(16)19-7(2)5-18-9(17,8(7,11)12)10(13,14)15/h17H,3-5H2,1-2H3. The summed E-state index contributed by atoms with van der Waals surface area (Å²) < 4.78 is 73.1. The van der Waals surface area contributed by atoms with Gasteiger partial charge in [0.2, 0.25) is 5.60 Å². The number of hydrogen-bond donors (Lipinski definition) is 1. The van der Waals surface area contributed by atoms with Crippen LogP contribution in [0.5, 0.6) is 0 Å². The van der Waals surface area contributed by atoms with Gasteiger partial charge in [0.15, 0.2) is 0 Å². The molecule has 1 saturated heterocycles. The van der Waals surface area contributed by atoms with E-state index in [1.807, 2.05) is 0 Å². The second kappa shape index (κ2) is 4.55. The molecule has 19 heavy (non-hydrogen) atoms. The van der Waals surface area contributed by atoms with E-state index in [0.29, 0.717) is 6.92 Å². The van der Waals surface area contributed by atoms with Gasteiger partial charge in [-0.2, -0.15) is 22.0 Å². The van der Waals surface area contributed by atoms with Gasteiger partial charge in [-0.15, -0.1) is 0 Å². The molecule has 2 atom stereocenters. The van der Waals surface area contributed by atoms with Crippen LogP contribution in [-0.2, 0) is 14.3 Å². The van der Waals surface area contributed by atoms with Gasteiger partial charge in [0.05, 0.1) is 6.61 Å². The number of alkyl halides is 5. The Balaban J connectivity index is 3.05. The molecule has 0 radical (unpaired) electrons. The first-order valence-electron chi connectivity index (χ1n) is 5.44. The summed E-state index contributed by atoms with van der Waals surface area (Å²) in [6, 6.07) is 0. The van der Waals surface area contributed by atoms with Crippen molar-refractivity contribution in [3.63, 3.8) is 0 Å². The van der Waals surface area contributed by atoms with E-state index in [0.717, 1.165) is 0 Å². The average Bonchev–Trinajstić information content (AvgIpc) is 2.40. The molecule has 1 N–H and O–H groups in total. The number of carbonyl (C=O) groups is 1. The summed E-state index contributed by atoms with van der Waals surface area (Å²) in [5.74, 6) is -10.6. The van der Waals surface area contributed by atoms with Crippen LogP contribution in [-0.4, -0.2) is 41.2 Å². The van der Waals surface area contributed by atoms with Crippen molar-refractivity contribution in [1.29, 1.82) is 0 Å². The molecule has 9 heteroatoms. The Labute approximate surface area is 105 Å². The summed E-state index contributed by atoms with van der Waals surface area (Å²) >= 11 is 0. The second-order valence-corrected chi connectivity index (χ2v) is 4.46. The van der Waals surface area contributed by atoms with Crippen LogP contribution in [0.25, 0.3) is 0 Å². The van der Waals surface area contributed by atoms with Crippen molar-refractivity contribution in [1.82, 2.24) is 0 Å². The third-order valence-electron chi connectivity index (χ3n) is 2.82. The average molecular weight is 292 g/mol. The highest BCUT2D eigenvalue weighted by atomic mass is 19.4. The number of hydrogen-bond acceptors (Lipinski definition) is 4. The van der Waals surface area contributed by atoms with E-state index in [4.69, 9.17) is 5.11 Å². The van der Waals surface area contributed by atoms with Gasteiger partial charge in [-0.3, -0.25) is 4.79 Å². The highest BCUT2D eigenvalue weighted by Gasteiger charge is 2.82. The van der Waals surface area contributed by atoms with Crippen molar-refractivity contribution in [2.24, 2.45) is 0 Å². The van der Waals surface area contributed by atoms with Crippen LogP contribution < -0.4 is 0 Å². The number of halogens is 5. The monoisotopic (exact) mass is 292 g/mol. The third kappa shape index (κ3) is 2.29. The molecular formula is C10H13F5O4. The van der Waals surface area contributed by atoms with E-state index < -0.39 is 36.1 Å². The van der Waals surface area contributed by atoms with E-state index in [-0.39, 0.29) is 12.8 Å². The van der Waals surface area contributed by atoms with E-state index in [1.165, 1.54) is 0 Å². The first kappa shape index (κ1) is 16.1. The molecule has 1 aliphatic heterocycles. The number of esters is 1. The van der Waals surface area contributed by atoms with Gasteiger partial charge in [0.25, 0.3) is 0 Å².